The highest BCUT2D eigenvalue weighted by atomic mass is 35.5. The van der Waals surface area contributed by atoms with Gasteiger partial charge in [-0.2, -0.15) is 0 Å². The lowest BCUT2D eigenvalue weighted by Crippen LogP contribution is -2.05. The maximum Gasteiger partial charge on any atom is 0.0577 e. The molecule has 0 aliphatic carbocycles. The van der Waals surface area contributed by atoms with E-state index in [2.05, 4.69) is 19.2 Å². The van der Waals surface area contributed by atoms with Gasteiger partial charge in [0, 0.05) is 11.6 Å². The number of nitrogen functional groups attached to an aromatic ring is 1. The molecule has 0 saturated heterocycles. The second-order valence-corrected chi connectivity index (χ2v) is 5.06. The number of nitrogens with two attached hydrogens (primary N) is 1. The van der Waals surface area contributed by atoms with Crippen molar-refractivity contribution in [3.05, 3.63) is 22.7 Å². The lowest BCUT2D eigenvalue weighted by molar-refractivity contribution is 0.567. The number of rotatable bonds is 5. The molecule has 16 heavy (non-hydrogen) atoms. The molecule has 0 aliphatic heterocycles. The van der Waals surface area contributed by atoms with Crippen molar-refractivity contribution < 1.29 is 0 Å². The maximum absolute atomic E-state index is 5.98. The monoisotopic (exact) mass is 240 g/mol. The van der Waals surface area contributed by atoms with E-state index in [4.69, 9.17) is 17.3 Å². The van der Waals surface area contributed by atoms with Crippen molar-refractivity contribution in [2.24, 2.45) is 5.92 Å². The summed E-state index contributed by atoms with van der Waals surface area (Å²) in [5, 5.41) is 4.08. The fourth-order valence-corrected chi connectivity index (χ4v) is 1.76. The quantitative estimate of drug-likeness (QED) is 0.601. The summed E-state index contributed by atoms with van der Waals surface area (Å²) in [6, 6.07) is 3.81. The SMILES string of the molecule is Cc1cc(NCCCC(C)C)c(N)cc1Cl. The molecule has 0 heterocycles. The Balaban J connectivity index is 2.51. The van der Waals surface area contributed by atoms with Gasteiger partial charge in [-0.15, -0.1) is 0 Å². The van der Waals surface area contributed by atoms with Gasteiger partial charge in [0.2, 0.25) is 0 Å². The van der Waals surface area contributed by atoms with Gasteiger partial charge in [0.15, 0.2) is 0 Å². The van der Waals surface area contributed by atoms with E-state index < -0.39 is 0 Å². The standard InChI is InChI=1S/C13H21ClN2/c1-9(2)5-4-6-16-13-7-10(3)11(14)8-12(13)15/h7-9,16H,4-6,15H2,1-3H3. The average Bonchev–Trinajstić information content (AvgIpc) is 2.19. The Hall–Kier alpha value is -0.890. The number of aryl methyl sites for hydroxylation is 1. The van der Waals surface area contributed by atoms with E-state index in [1.165, 1.54) is 12.8 Å². The van der Waals surface area contributed by atoms with Crippen molar-refractivity contribution in [2.45, 2.75) is 33.6 Å². The Morgan fingerprint density at radius 3 is 2.69 bits per heavy atom. The van der Waals surface area contributed by atoms with Gasteiger partial charge in [0.05, 0.1) is 11.4 Å². The highest BCUT2D eigenvalue weighted by Gasteiger charge is 2.03. The van der Waals surface area contributed by atoms with Gasteiger partial charge in [0.25, 0.3) is 0 Å². The first-order chi connectivity index (χ1) is 7.50. The Labute approximate surface area is 103 Å². The van der Waals surface area contributed by atoms with Crippen LogP contribution in [0.25, 0.3) is 0 Å². The molecule has 0 bridgehead atoms. The van der Waals surface area contributed by atoms with Crippen LogP contribution in [0, 0.1) is 12.8 Å². The normalized spacial score (nSPS) is 10.8. The number of halogens is 1. The van der Waals surface area contributed by atoms with Crippen LogP contribution in [0.15, 0.2) is 12.1 Å². The van der Waals surface area contributed by atoms with Gasteiger partial charge in [-0.25, -0.2) is 0 Å². The number of nitrogens with one attached hydrogen (secondary N) is 1. The predicted octanol–water partition coefficient (Wildman–Crippen LogP) is 4.08. The molecule has 2 nitrogen and oxygen atoms in total. The summed E-state index contributed by atoms with van der Waals surface area (Å²) in [7, 11) is 0. The molecule has 1 rings (SSSR count). The van der Waals surface area contributed by atoms with Gasteiger partial charge >= 0.3 is 0 Å². The molecule has 0 radical (unpaired) electrons. The van der Waals surface area contributed by atoms with Crippen LogP contribution in [0.2, 0.25) is 5.02 Å². The van der Waals surface area contributed by atoms with Crippen LogP contribution in [-0.4, -0.2) is 6.54 Å². The molecule has 0 aromatic heterocycles. The first kappa shape index (κ1) is 13.2. The Morgan fingerprint density at radius 1 is 1.38 bits per heavy atom. The van der Waals surface area contributed by atoms with E-state index >= 15 is 0 Å². The highest BCUT2D eigenvalue weighted by molar-refractivity contribution is 6.31. The smallest absolute Gasteiger partial charge is 0.0577 e. The molecule has 0 unspecified atom stereocenters. The zero-order valence-electron chi connectivity index (χ0n) is 10.3. The molecule has 0 aliphatic rings. The summed E-state index contributed by atoms with van der Waals surface area (Å²) in [6.45, 7) is 7.42. The molecule has 1 aromatic carbocycles. The van der Waals surface area contributed by atoms with Crippen LogP contribution in [0.4, 0.5) is 11.4 Å². The molecule has 0 amide bonds. The van der Waals surface area contributed by atoms with Gasteiger partial charge in [0.1, 0.15) is 0 Å². The molecular weight excluding hydrogens is 220 g/mol. The van der Waals surface area contributed by atoms with Gasteiger partial charge in [-0.05, 0) is 43.4 Å². The fourth-order valence-electron chi connectivity index (χ4n) is 1.58. The van der Waals surface area contributed by atoms with Gasteiger partial charge in [-0.3, -0.25) is 0 Å². The van der Waals surface area contributed by atoms with Crippen LogP contribution in [0.1, 0.15) is 32.3 Å². The molecule has 3 heteroatoms. The predicted molar refractivity (Wildman–Crippen MR) is 73.2 cm³/mol. The van der Waals surface area contributed by atoms with Crippen molar-refractivity contribution in [3.8, 4) is 0 Å². The fraction of sp³-hybridized carbons (Fsp3) is 0.538. The molecule has 0 atom stereocenters. The zero-order chi connectivity index (χ0) is 12.1. The van der Waals surface area contributed by atoms with E-state index in [0.717, 1.165) is 34.4 Å². The molecule has 0 fully saturated rings. The molecular formula is C13H21ClN2. The summed E-state index contributed by atoms with van der Waals surface area (Å²) >= 11 is 5.98. The number of hydrogen-bond acceptors (Lipinski definition) is 2. The van der Waals surface area contributed by atoms with Crippen molar-refractivity contribution in [3.63, 3.8) is 0 Å². The summed E-state index contributed by atoms with van der Waals surface area (Å²) in [6.07, 6.45) is 2.40. The van der Waals surface area contributed by atoms with Crippen LogP contribution >= 0.6 is 11.6 Å². The van der Waals surface area contributed by atoms with Crippen molar-refractivity contribution in [1.29, 1.82) is 0 Å². The van der Waals surface area contributed by atoms with Gasteiger partial charge < -0.3 is 11.1 Å². The maximum atomic E-state index is 5.98. The lowest BCUT2D eigenvalue weighted by Gasteiger charge is -2.12. The minimum atomic E-state index is 0.722. The summed E-state index contributed by atoms with van der Waals surface area (Å²) in [4.78, 5) is 0. The molecule has 3 N–H and O–H groups in total. The first-order valence-corrected chi connectivity index (χ1v) is 6.18. The summed E-state index contributed by atoms with van der Waals surface area (Å²) in [5.74, 6) is 0.756. The van der Waals surface area contributed by atoms with Crippen molar-refractivity contribution in [2.75, 3.05) is 17.6 Å². The third-order valence-electron chi connectivity index (χ3n) is 2.60. The largest absolute Gasteiger partial charge is 0.397 e. The Bertz CT molecular complexity index is 348. The van der Waals surface area contributed by atoms with E-state index in [9.17, 15) is 0 Å². The summed E-state index contributed by atoms with van der Waals surface area (Å²) in [5.41, 5.74) is 8.66. The minimum absolute atomic E-state index is 0.722. The van der Waals surface area contributed by atoms with Gasteiger partial charge in [-0.1, -0.05) is 25.4 Å². The molecule has 90 valence electrons. The highest BCUT2D eigenvalue weighted by Crippen LogP contribution is 2.26. The molecule has 0 saturated carbocycles. The third-order valence-corrected chi connectivity index (χ3v) is 3.01. The molecule has 0 spiro atoms. The number of hydrogen-bond donors (Lipinski definition) is 2. The van der Waals surface area contributed by atoms with Crippen LogP contribution < -0.4 is 11.1 Å². The van der Waals surface area contributed by atoms with E-state index in [-0.39, 0.29) is 0 Å². The molecule has 1 aromatic rings. The van der Waals surface area contributed by atoms with Crippen molar-refractivity contribution in [1.82, 2.24) is 0 Å². The second kappa shape index (κ2) is 6.00. The zero-order valence-corrected chi connectivity index (χ0v) is 11.1. The van der Waals surface area contributed by atoms with E-state index in [1.807, 2.05) is 19.1 Å². The second-order valence-electron chi connectivity index (χ2n) is 4.65. The number of benzene rings is 1. The Morgan fingerprint density at radius 2 is 2.06 bits per heavy atom. The van der Waals surface area contributed by atoms with Crippen molar-refractivity contribution >= 4 is 23.0 Å². The van der Waals surface area contributed by atoms with Crippen LogP contribution in [-0.2, 0) is 0 Å². The van der Waals surface area contributed by atoms with Crippen LogP contribution in [0.5, 0.6) is 0 Å². The Kier molecular flexibility index (Phi) is 4.94. The third kappa shape index (κ3) is 3.93. The number of anilines is 2. The van der Waals surface area contributed by atoms with E-state index in [0.29, 0.717) is 0 Å². The van der Waals surface area contributed by atoms with Crippen LogP contribution in [0.3, 0.4) is 0 Å². The minimum Gasteiger partial charge on any atom is -0.397 e. The topological polar surface area (TPSA) is 38.0 Å². The first-order valence-electron chi connectivity index (χ1n) is 5.80. The average molecular weight is 241 g/mol. The lowest BCUT2D eigenvalue weighted by atomic mass is 10.1. The van der Waals surface area contributed by atoms with E-state index in [1.54, 1.807) is 0 Å². The summed E-state index contributed by atoms with van der Waals surface area (Å²) < 4.78 is 0.